The van der Waals surface area contributed by atoms with E-state index in [1.54, 1.807) is 18.5 Å². The second-order valence-corrected chi connectivity index (χ2v) is 4.02. The fourth-order valence-electron chi connectivity index (χ4n) is 1.37. The summed E-state index contributed by atoms with van der Waals surface area (Å²) in [6.07, 6.45) is 4.65. The molecule has 6 heteroatoms. The Labute approximate surface area is 108 Å². The van der Waals surface area contributed by atoms with Gasteiger partial charge in [-0.1, -0.05) is 17.7 Å². The van der Waals surface area contributed by atoms with Gasteiger partial charge in [0.05, 0.1) is 5.56 Å². The van der Waals surface area contributed by atoms with Gasteiger partial charge in [-0.15, -0.1) is 0 Å². The van der Waals surface area contributed by atoms with Crippen LogP contribution in [0, 0.1) is 0 Å². The zero-order chi connectivity index (χ0) is 13.0. The largest absolute Gasteiger partial charge is 0.348 e. The standard InChI is InChI=1S/C12H10ClN3O2/c13-10-4-9(7-16-12(10)18)11(17)15-6-8-2-1-3-14-5-8/h1-5,7H,6H2,(H,15,17)(H,16,18). The average molecular weight is 264 g/mol. The number of hydrogen-bond acceptors (Lipinski definition) is 3. The predicted octanol–water partition coefficient (Wildman–Crippen LogP) is 1.35. The summed E-state index contributed by atoms with van der Waals surface area (Å²) < 4.78 is 0. The molecule has 0 unspecified atom stereocenters. The molecule has 0 aromatic carbocycles. The van der Waals surface area contributed by atoms with Gasteiger partial charge in [0.1, 0.15) is 5.02 Å². The lowest BCUT2D eigenvalue weighted by molar-refractivity contribution is 0.0950. The first-order valence-electron chi connectivity index (χ1n) is 5.22. The van der Waals surface area contributed by atoms with Crippen molar-refractivity contribution in [2.45, 2.75) is 6.54 Å². The minimum absolute atomic E-state index is 0.0102. The van der Waals surface area contributed by atoms with Gasteiger partial charge in [0.15, 0.2) is 0 Å². The first-order valence-corrected chi connectivity index (χ1v) is 5.60. The Morgan fingerprint density at radius 1 is 1.50 bits per heavy atom. The van der Waals surface area contributed by atoms with Crippen LogP contribution in [0.1, 0.15) is 15.9 Å². The summed E-state index contributed by atoms with van der Waals surface area (Å²) >= 11 is 5.64. The van der Waals surface area contributed by atoms with Crippen molar-refractivity contribution in [1.82, 2.24) is 15.3 Å². The van der Waals surface area contributed by atoms with Gasteiger partial charge in [-0.3, -0.25) is 14.6 Å². The summed E-state index contributed by atoms with van der Waals surface area (Å²) in [5.41, 5.74) is 0.783. The van der Waals surface area contributed by atoms with Crippen LogP contribution in [0.3, 0.4) is 0 Å². The smallest absolute Gasteiger partial charge is 0.266 e. The maximum atomic E-state index is 11.8. The Bertz CT molecular complexity index is 610. The van der Waals surface area contributed by atoms with E-state index in [0.717, 1.165) is 5.56 Å². The molecule has 2 rings (SSSR count). The molecule has 2 N–H and O–H groups in total. The van der Waals surface area contributed by atoms with E-state index in [4.69, 9.17) is 11.6 Å². The molecule has 0 aliphatic heterocycles. The third-order valence-corrected chi connectivity index (χ3v) is 2.58. The summed E-state index contributed by atoms with van der Waals surface area (Å²) in [6, 6.07) is 4.98. The topological polar surface area (TPSA) is 74.8 Å². The van der Waals surface area contributed by atoms with E-state index >= 15 is 0 Å². The molecule has 0 aliphatic rings. The van der Waals surface area contributed by atoms with Crippen molar-refractivity contribution in [3.05, 3.63) is 63.3 Å². The van der Waals surface area contributed by atoms with Crippen LogP contribution in [0.4, 0.5) is 0 Å². The highest BCUT2D eigenvalue weighted by atomic mass is 35.5. The number of nitrogens with zero attached hydrogens (tertiary/aromatic N) is 1. The molecule has 2 aromatic rings. The molecule has 0 saturated carbocycles. The van der Waals surface area contributed by atoms with Gasteiger partial charge < -0.3 is 10.3 Å². The number of aromatic amines is 1. The molecular formula is C12H10ClN3O2. The van der Waals surface area contributed by atoms with Gasteiger partial charge >= 0.3 is 0 Å². The Morgan fingerprint density at radius 3 is 3.00 bits per heavy atom. The van der Waals surface area contributed by atoms with Gasteiger partial charge in [0.25, 0.3) is 11.5 Å². The summed E-state index contributed by atoms with van der Waals surface area (Å²) in [4.78, 5) is 29.1. The Hall–Kier alpha value is -2.14. The van der Waals surface area contributed by atoms with E-state index < -0.39 is 5.56 Å². The number of rotatable bonds is 3. The van der Waals surface area contributed by atoms with E-state index in [2.05, 4.69) is 15.3 Å². The maximum absolute atomic E-state index is 11.8. The number of aromatic nitrogens is 2. The molecule has 0 aliphatic carbocycles. The Kier molecular flexibility index (Phi) is 3.74. The molecular weight excluding hydrogens is 254 g/mol. The predicted molar refractivity (Wildman–Crippen MR) is 67.5 cm³/mol. The minimum Gasteiger partial charge on any atom is -0.348 e. The SMILES string of the molecule is O=C(NCc1cccnc1)c1c[nH]c(=O)c(Cl)c1. The second kappa shape index (κ2) is 5.46. The van der Waals surface area contributed by atoms with Crippen LogP contribution in [-0.4, -0.2) is 15.9 Å². The molecule has 1 amide bonds. The van der Waals surface area contributed by atoms with Crippen molar-refractivity contribution in [2.24, 2.45) is 0 Å². The van der Waals surface area contributed by atoms with Crippen LogP contribution in [-0.2, 0) is 6.54 Å². The summed E-state index contributed by atoms with van der Waals surface area (Å²) in [5.74, 6) is -0.308. The summed E-state index contributed by atoms with van der Waals surface area (Å²) in [5, 5.41) is 2.69. The minimum atomic E-state index is -0.416. The van der Waals surface area contributed by atoms with E-state index in [9.17, 15) is 9.59 Å². The molecule has 0 atom stereocenters. The highest BCUT2D eigenvalue weighted by Crippen LogP contribution is 2.04. The van der Waals surface area contributed by atoms with Crippen LogP contribution in [0.2, 0.25) is 5.02 Å². The average Bonchev–Trinajstić information content (AvgIpc) is 2.40. The van der Waals surface area contributed by atoms with Gasteiger partial charge in [0.2, 0.25) is 0 Å². The van der Waals surface area contributed by atoms with Gasteiger partial charge in [0, 0.05) is 25.1 Å². The maximum Gasteiger partial charge on any atom is 0.266 e. The molecule has 18 heavy (non-hydrogen) atoms. The number of amides is 1. The fraction of sp³-hybridized carbons (Fsp3) is 0.0833. The molecule has 0 radical (unpaired) electrons. The van der Waals surface area contributed by atoms with Gasteiger partial charge in [-0.05, 0) is 17.7 Å². The van der Waals surface area contributed by atoms with Crippen LogP contribution >= 0.6 is 11.6 Å². The summed E-state index contributed by atoms with van der Waals surface area (Å²) in [6.45, 7) is 0.365. The number of pyridine rings is 2. The lowest BCUT2D eigenvalue weighted by Crippen LogP contribution is -2.24. The van der Waals surface area contributed by atoms with E-state index in [-0.39, 0.29) is 10.9 Å². The van der Waals surface area contributed by atoms with E-state index in [0.29, 0.717) is 12.1 Å². The number of carbonyl (C=O) groups is 1. The van der Waals surface area contributed by atoms with E-state index in [1.165, 1.54) is 12.3 Å². The van der Waals surface area contributed by atoms with Crippen LogP contribution in [0.25, 0.3) is 0 Å². The van der Waals surface area contributed by atoms with Crippen molar-refractivity contribution in [3.8, 4) is 0 Å². The highest BCUT2D eigenvalue weighted by molar-refractivity contribution is 6.30. The number of carbonyl (C=O) groups excluding carboxylic acids is 1. The molecule has 0 bridgehead atoms. The van der Waals surface area contributed by atoms with Gasteiger partial charge in [-0.25, -0.2) is 0 Å². The molecule has 92 valence electrons. The number of H-pyrrole nitrogens is 1. The van der Waals surface area contributed by atoms with Crippen molar-refractivity contribution in [2.75, 3.05) is 0 Å². The quantitative estimate of drug-likeness (QED) is 0.878. The van der Waals surface area contributed by atoms with Crippen molar-refractivity contribution >= 4 is 17.5 Å². The zero-order valence-electron chi connectivity index (χ0n) is 9.31. The molecule has 0 fully saturated rings. The Balaban J connectivity index is 2.04. The number of hydrogen-bond donors (Lipinski definition) is 2. The number of halogens is 1. The normalized spacial score (nSPS) is 10.1. The zero-order valence-corrected chi connectivity index (χ0v) is 10.1. The lowest BCUT2D eigenvalue weighted by atomic mass is 10.2. The first-order chi connectivity index (χ1) is 8.66. The second-order valence-electron chi connectivity index (χ2n) is 3.61. The lowest BCUT2D eigenvalue weighted by Gasteiger charge is -2.04. The third-order valence-electron chi connectivity index (χ3n) is 2.30. The molecule has 2 aromatic heterocycles. The molecule has 5 nitrogen and oxygen atoms in total. The number of nitrogens with one attached hydrogen (secondary N) is 2. The molecule has 2 heterocycles. The highest BCUT2D eigenvalue weighted by Gasteiger charge is 2.07. The van der Waals surface area contributed by atoms with Crippen LogP contribution in [0.5, 0.6) is 0 Å². The Morgan fingerprint density at radius 2 is 2.33 bits per heavy atom. The molecule has 0 saturated heterocycles. The van der Waals surface area contributed by atoms with E-state index in [1.807, 2.05) is 6.07 Å². The van der Waals surface area contributed by atoms with Crippen molar-refractivity contribution in [3.63, 3.8) is 0 Å². The van der Waals surface area contributed by atoms with Crippen molar-refractivity contribution < 1.29 is 4.79 Å². The van der Waals surface area contributed by atoms with Crippen LogP contribution < -0.4 is 10.9 Å². The van der Waals surface area contributed by atoms with Crippen molar-refractivity contribution in [1.29, 1.82) is 0 Å². The summed E-state index contributed by atoms with van der Waals surface area (Å²) in [7, 11) is 0. The first kappa shape index (κ1) is 12.3. The third kappa shape index (κ3) is 2.95. The van der Waals surface area contributed by atoms with Gasteiger partial charge in [-0.2, -0.15) is 0 Å². The monoisotopic (exact) mass is 263 g/mol. The fourth-order valence-corrected chi connectivity index (χ4v) is 1.55. The van der Waals surface area contributed by atoms with Crippen LogP contribution in [0.15, 0.2) is 41.6 Å². The molecule has 0 spiro atoms.